The monoisotopic (exact) mass is 572 g/mol. The van der Waals surface area contributed by atoms with Crippen LogP contribution in [0.15, 0.2) is 47.0 Å². The van der Waals surface area contributed by atoms with E-state index < -0.39 is 41.0 Å². The maximum atomic E-state index is 15.1. The largest absolute Gasteiger partial charge is 0.492 e. The number of fused-ring (bicyclic) bond motifs is 2. The number of hydrogen-bond donors (Lipinski definition) is 1. The van der Waals surface area contributed by atoms with Gasteiger partial charge in [-0.2, -0.15) is 18.2 Å². The summed E-state index contributed by atoms with van der Waals surface area (Å²) in [6, 6.07) is 8.91. The number of alkyl halides is 3. The molecule has 6 rings (SSSR count). The fourth-order valence-corrected chi connectivity index (χ4v) is 5.56. The van der Waals surface area contributed by atoms with Gasteiger partial charge in [0.2, 0.25) is 11.7 Å². The molecule has 0 fully saturated rings. The normalized spacial score (nSPS) is 17.7. The molecule has 2 aliphatic rings. The molecular formula is C29H21F5N2O5. The van der Waals surface area contributed by atoms with Crippen LogP contribution in [0.5, 0.6) is 11.5 Å². The number of aliphatic carboxylic acids is 1. The Balaban J connectivity index is 1.36. The average Bonchev–Trinajstić information content (AvgIpc) is 3.61. The number of nitrogens with zero attached hydrogens (tertiary/aromatic N) is 2. The smallest absolute Gasteiger partial charge is 0.417 e. The maximum absolute atomic E-state index is 15.1. The van der Waals surface area contributed by atoms with Gasteiger partial charge in [-0.3, -0.25) is 4.79 Å². The molecule has 0 amide bonds. The molecule has 1 N–H and O–H groups in total. The standard InChI is InChI=1S/C29H21F5N2O5/c1-13-35-28(36-41-13)27-21(30)8-14(9-22(27)31)26-19-5-7-23(18(19)4-6-20(26)29(32,33)34)40-16-2-3-17-15(10-25(37)38)12-39-24(17)11-16/h2-4,6,8-9,11,15,23H,5,7,10,12H2,1H3,(H,37,38)/t15-,23-/m1/s1. The Labute approximate surface area is 229 Å². The molecule has 2 heterocycles. The number of benzene rings is 3. The minimum absolute atomic E-state index is 0.0733. The van der Waals surface area contributed by atoms with E-state index in [0.717, 1.165) is 23.8 Å². The van der Waals surface area contributed by atoms with Crippen LogP contribution in [0.1, 0.15) is 53.0 Å². The van der Waals surface area contributed by atoms with E-state index in [9.17, 15) is 18.0 Å². The summed E-state index contributed by atoms with van der Waals surface area (Å²) >= 11 is 0. The van der Waals surface area contributed by atoms with Gasteiger partial charge < -0.3 is 19.1 Å². The topological polar surface area (TPSA) is 94.7 Å². The van der Waals surface area contributed by atoms with Crippen LogP contribution >= 0.6 is 0 Å². The molecule has 0 saturated carbocycles. The quantitative estimate of drug-likeness (QED) is 0.248. The van der Waals surface area contributed by atoms with Crippen LogP contribution < -0.4 is 9.47 Å². The number of carboxylic acid groups (broad SMARTS) is 1. The second kappa shape index (κ2) is 9.86. The van der Waals surface area contributed by atoms with Crippen LogP contribution in [-0.2, 0) is 17.4 Å². The van der Waals surface area contributed by atoms with Gasteiger partial charge >= 0.3 is 12.1 Å². The summed E-state index contributed by atoms with van der Waals surface area (Å²) in [5.74, 6) is -2.87. The molecule has 2 atom stereocenters. The molecule has 0 unspecified atom stereocenters. The Morgan fingerprint density at radius 1 is 1.07 bits per heavy atom. The number of halogens is 5. The van der Waals surface area contributed by atoms with E-state index in [1.54, 1.807) is 18.2 Å². The van der Waals surface area contributed by atoms with Crippen LogP contribution in [-0.4, -0.2) is 27.8 Å². The lowest BCUT2D eigenvalue weighted by atomic mass is 9.90. The Morgan fingerprint density at radius 2 is 1.80 bits per heavy atom. The van der Waals surface area contributed by atoms with Crippen LogP contribution in [0.3, 0.4) is 0 Å². The minimum Gasteiger partial charge on any atom is -0.492 e. The molecule has 0 saturated heterocycles. The van der Waals surface area contributed by atoms with Crippen molar-refractivity contribution in [1.29, 1.82) is 0 Å². The van der Waals surface area contributed by atoms with Gasteiger partial charge in [0, 0.05) is 24.5 Å². The molecule has 41 heavy (non-hydrogen) atoms. The Morgan fingerprint density at radius 3 is 2.46 bits per heavy atom. The van der Waals surface area contributed by atoms with Gasteiger partial charge in [-0.25, -0.2) is 8.78 Å². The molecule has 1 aromatic heterocycles. The van der Waals surface area contributed by atoms with E-state index in [0.29, 0.717) is 23.5 Å². The van der Waals surface area contributed by atoms with E-state index >= 15 is 8.78 Å². The number of carboxylic acids is 1. The number of ether oxygens (including phenoxy) is 2. The number of aromatic nitrogens is 2. The second-order valence-electron chi connectivity index (χ2n) is 9.96. The Kier molecular flexibility index (Phi) is 6.43. The van der Waals surface area contributed by atoms with Crippen LogP contribution in [0, 0.1) is 18.6 Å². The second-order valence-corrected chi connectivity index (χ2v) is 9.96. The predicted octanol–water partition coefficient (Wildman–Crippen LogP) is 7.03. The van der Waals surface area contributed by atoms with Crippen molar-refractivity contribution in [3.63, 3.8) is 0 Å². The van der Waals surface area contributed by atoms with E-state index in [1.807, 2.05) is 0 Å². The SMILES string of the molecule is Cc1nc(-c2c(F)cc(-c3c(C(F)(F)F)ccc4c3CC[C@H]4Oc3ccc4c(c3)OC[C@H]4CC(=O)O)cc2F)no1. The predicted molar refractivity (Wildman–Crippen MR) is 133 cm³/mol. The lowest BCUT2D eigenvalue weighted by Gasteiger charge is -2.20. The van der Waals surface area contributed by atoms with Crippen LogP contribution in [0.2, 0.25) is 0 Å². The van der Waals surface area contributed by atoms with Crippen molar-refractivity contribution < 1.29 is 45.8 Å². The highest BCUT2D eigenvalue weighted by atomic mass is 19.4. The number of rotatable bonds is 6. The van der Waals surface area contributed by atoms with Gasteiger partial charge in [0.25, 0.3) is 0 Å². The molecule has 1 aliphatic carbocycles. The third kappa shape index (κ3) is 4.87. The molecule has 12 heteroatoms. The maximum Gasteiger partial charge on any atom is 0.417 e. The fourth-order valence-electron chi connectivity index (χ4n) is 5.56. The zero-order valence-electron chi connectivity index (χ0n) is 21.4. The first-order chi connectivity index (χ1) is 19.5. The molecule has 0 bridgehead atoms. The summed E-state index contributed by atoms with van der Waals surface area (Å²) in [5, 5.41) is 12.6. The van der Waals surface area contributed by atoms with Crippen molar-refractivity contribution in [2.75, 3.05) is 6.61 Å². The van der Waals surface area contributed by atoms with E-state index in [4.69, 9.17) is 19.1 Å². The fraction of sp³-hybridized carbons (Fsp3) is 0.276. The average molecular weight is 572 g/mol. The van der Waals surface area contributed by atoms with Crippen LogP contribution in [0.4, 0.5) is 22.0 Å². The lowest BCUT2D eigenvalue weighted by Crippen LogP contribution is -2.11. The van der Waals surface area contributed by atoms with E-state index in [1.165, 1.54) is 13.0 Å². The van der Waals surface area contributed by atoms with Crippen LogP contribution in [0.25, 0.3) is 22.5 Å². The van der Waals surface area contributed by atoms with E-state index in [-0.39, 0.29) is 53.8 Å². The lowest BCUT2D eigenvalue weighted by molar-refractivity contribution is -0.138. The summed E-state index contributed by atoms with van der Waals surface area (Å²) in [6.07, 6.45) is -4.99. The van der Waals surface area contributed by atoms with Gasteiger partial charge in [0.05, 0.1) is 24.2 Å². The van der Waals surface area contributed by atoms with Crippen molar-refractivity contribution in [3.05, 3.63) is 82.2 Å². The number of hydrogen-bond acceptors (Lipinski definition) is 6. The highest BCUT2D eigenvalue weighted by Gasteiger charge is 2.39. The first kappa shape index (κ1) is 26.7. The Bertz CT molecular complexity index is 1660. The van der Waals surface area contributed by atoms with Crippen molar-refractivity contribution in [2.45, 2.75) is 44.4 Å². The summed E-state index contributed by atoms with van der Waals surface area (Å²) < 4.78 is 89.2. The molecule has 3 aromatic carbocycles. The van der Waals surface area contributed by atoms with Crippen molar-refractivity contribution >= 4 is 5.97 Å². The molecular weight excluding hydrogens is 551 g/mol. The number of carbonyl (C=O) groups is 1. The van der Waals surface area contributed by atoms with Gasteiger partial charge in [-0.1, -0.05) is 17.3 Å². The van der Waals surface area contributed by atoms with E-state index in [2.05, 4.69) is 10.1 Å². The molecule has 0 radical (unpaired) electrons. The third-order valence-corrected chi connectivity index (χ3v) is 7.30. The van der Waals surface area contributed by atoms with Gasteiger partial charge in [0.1, 0.15) is 29.2 Å². The highest BCUT2D eigenvalue weighted by molar-refractivity contribution is 5.76. The minimum atomic E-state index is -4.79. The first-order valence-electron chi connectivity index (χ1n) is 12.7. The molecule has 212 valence electrons. The number of aryl methyl sites for hydroxylation is 1. The summed E-state index contributed by atoms with van der Waals surface area (Å²) in [4.78, 5) is 14.9. The Hall–Kier alpha value is -4.48. The van der Waals surface area contributed by atoms with Crippen molar-refractivity contribution in [2.24, 2.45) is 0 Å². The summed E-state index contributed by atoms with van der Waals surface area (Å²) in [5.41, 5.74) is -0.714. The molecule has 4 aromatic rings. The first-order valence-corrected chi connectivity index (χ1v) is 12.7. The molecule has 0 spiro atoms. The molecule has 1 aliphatic heterocycles. The summed E-state index contributed by atoms with van der Waals surface area (Å²) in [6.45, 7) is 1.66. The van der Waals surface area contributed by atoms with Crippen molar-refractivity contribution in [3.8, 4) is 34.0 Å². The zero-order valence-corrected chi connectivity index (χ0v) is 21.4. The third-order valence-electron chi connectivity index (χ3n) is 7.30. The van der Waals surface area contributed by atoms with Gasteiger partial charge in [0.15, 0.2) is 0 Å². The zero-order chi connectivity index (χ0) is 29.1. The van der Waals surface area contributed by atoms with Gasteiger partial charge in [-0.05, 0) is 59.4 Å². The van der Waals surface area contributed by atoms with Crippen molar-refractivity contribution in [1.82, 2.24) is 10.1 Å². The molecule has 7 nitrogen and oxygen atoms in total. The van der Waals surface area contributed by atoms with Gasteiger partial charge in [-0.15, -0.1) is 0 Å². The summed E-state index contributed by atoms with van der Waals surface area (Å²) in [7, 11) is 0. The highest BCUT2D eigenvalue weighted by Crippen LogP contribution is 2.47.